The highest BCUT2D eigenvalue weighted by molar-refractivity contribution is 6.58. The lowest BCUT2D eigenvalue weighted by atomic mass is 9.80. The maximum atomic E-state index is 9.19. The normalized spacial score (nSPS) is 26.5. The minimum Gasteiger partial charge on any atom is -0.458 e. The Morgan fingerprint density at radius 2 is 2.20 bits per heavy atom. The molecule has 1 aromatic rings. The highest BCUT2D eigenvalue weighted by Crippen LogP contribution is 2.11. The third-order valence-corrected chi connectivity index (χ3v) is 1.32. The molecule has 82 valence electrons. The van der Waals surface area contributed by atoms with Crippen molar-refractivity contribution in [1.82, 2.24) is 9.97 Å². The fourth-order valence-corrected chi connectivity index (χ4v) is 0.750. The molecule has 0 saturated carbocycles. The molecule has 0 spiro atoms. The molecule has 1 heterocycles. The van der Waals surface area contributed by atoms with Crippen molar-refractivity contribution in [1.29, 1.82) is 0 Å². The lowest BCUT2D eigenvalue weighted by molar-refractivity contribution is 0.116. The summed E-state index contributed by atoms with van der Waals surface area (Å²) in [6, 6.07) is -1.17. The summed E-state index contributed by atoms with van der Waals surface area (Å²) in [7, 11) is -2.31. The largest absolute Gasteiger partial charge is 0.491 e. The monoisotopic (exact) mass is 222 g/mol. The molecule has 0 fully saturated rings. The van der Waals surface area contributed by atoms with Gasteiger partial charge in [-0.15, -0.1) is 0 Å². The van der Waals surface area contributed by atoms with E-state index in [1.54, 1.807) is 0 Å². The second-order valence-corrected chi connectivity index (χ2v) is 2.61. The molecular weight excluding hydrogens is 195 g/mol. The van der Waals surface area contributed by atoms with Crippen molar-refractivity contribution in [3.05, 3.63) is 11.9 Å². The fourth-order valence-electron chi connectivity index (χ4n) is 0.750. The highest BCUT2D eigenvalue weighted by atomic mass is 16.5. The number of nitrogens with zero attached hydrogens (tertiary/aromatic N) is 2. The number of aromatic nitrogens is 2. The van der Waals surface area contributed by atoms with Gasteiger partial charge in [-0.05, 0) is 27.4 Å². The summed E-state index contributed by atoms with van der Waals surface area (Å²) in [5.74, 6) is 0. The zero-order chi connectivity index (χ0) is 21.6. The second kappa shape index (κ2) is 4.16. The van der Waals surface area contributed by atoms with E-state index >= 15 is 0 Å². The molecule has 0 aliphatic heterocycles. The third kappa shape index (κ3) is 3.49. The quantitative estimate of drug-likeness (QED) is 0.668. The molecule has 0 atom stereocenters. The van der Waals surface area contributed by atoms with E-state index in [0.29, 0.717) is 6.20 Å². The van der Waals surface area contributed by atoms with Crippen molar-refractivity contribution in [2.24, 2.45) is 0 Å². The van der Waals surface area contributed by atoms with Gasteiger partial charge in [-0.2, -0.15) is 0 Å². The third-order valence-electron chi connectivity index (χ3n) is 1.32. The lowest BCUT2D eigenvalue weighted by Gasteiger charge is -2.19. The first-order valence-electron chi connectivity index (χ1n) is 9.68. The molecule has 0 unspecified atom stereocenters. The Labute approximate surface area is 106 Å². The van der Waals surface area contributed by atoms with Crippen LogP contribution in [0.3, 0.4) is 0 Å². The van der Waals surface area contributed by atoms with E-state index in [-0.39, 0.29) is 0 Å². The van der Waals surface area contributed by atoms with Crippen molar-refractivity contribution in [2.45, 2.75) is 33.0 Å². The number of rotatable bonds is 2. The van der Waals surface area contributed by atoms with Gasteiger partial charge in [0.25, 0.3) is 0 Å². The summed E-state index contributed by atoms with van der Waals surface area (Å²) in [4.78, 5) is 6.67. The first kappa shape index (κ1) is 3.43. The summed E-state index contributed by atoms with van der Waals surface area (Å²) in [6.07, 6.45) is 0.554. The molecule has 0 radical (unpaired) electrons. The topological polar surface area (TPSA) is 75.5 Å². The Kier molecular flexibility index (Phi) is 0.951. The van der Waals surface area contributed by atoms with Gasteiger partial charge in [0.2, 0.25) is 0 Å². The standard InChI is InChI=1S/C9H15BN2O3/c1-6-7(10(13)14)5-11-8(12-6)15-9(2,3)4/h5,13-14H,1-4H3/i1D3,2D3,3D3,4D3. The van der Waals surface area contributed by atoms with Gasteiger partial charge in [-0.3, -0.25) is 0 Å². The first-order chi connectivity index (χ1) is 11.8. The Morgan fingerprint density at radius 1 is 1.47 bits per heavy atom. The van der Waals surface area contributed by atoms with Crippen LogP contribution in [0.5, 0.6) is 6.01 Å². The molecule has 15 heavy (non-hydrogen) atoms. The first-order valence-corrected chi connectivity index (χ1v) is 3.68. The average Bonchev–Trinajstić information content (AvgIpc) is 2.39. The number of ether oxygens (including phenoxy) is 1. The molecule has 0 aliphatic carbocycles. The predicted molar refractivity (Wildman–Crippen MR) is 57.0 cm³/mol. The van der Waals surface area contributed by atoms with E-state index in [4.69, 9.17) is 21.2 Å². The zero-order valence-corrected chi connectivity index (χ0v) is 7.35. The van der Waals surface area contributed by atoms with E-state index in [0.717, 1.165) is 0 Å². The summed E-state index contributed by atoms with van der Waals surface area (Å²) in [5.41, 5.74) is -5.42. The highest BCUT2D eigenvalue weighted by Gasteiger charge is 2.18. The van der Waals surface area contributed by atoms with E-state index in [9.17, 15) is 10.0 Å². The number of aryl methyl sites for hydroxylation is 1. The molecular formula is C9H15BN2O3. The van der Waals surface area contributed by atoms with Crippen LogP contribution in [0, 0.1) is 6.85 Å². The minimum atomic E-state index is -3.77. The van der Waals surface area contributed by atoms with Gasteiger partial charge >= 0.3 is 13.1 Å². The maximum Gasteiger partial charge on any atom is 0.491 e. The van der Waals surface area contributed by atoms with Crippen LogP contribution in [0.1, 0.15) is 42.7 Å². The fraction of sp³-hybridized carbons (Fsp3) is 0.556. The smallest absolute Gasteiger partial charge is 0.458 e. The predicted octanol–water partition coefficient (Wildman–Crippen LogP) is -0.358. The maximum absolute atomic E-state index is 9.19. The van der Waals surface area contributed by atoms with E-state index < -0.39 is 57.3 Å². The second-order valence-electron chi connectivity index (χ2n) is 2.61. The van der Waals surface area contributed by atoms with Crippen LogP contribution in [0.25, 0.3) is 0 Å². The Bertz CT molecular complexity index is 645. The summed E-state index contributed by atoms with van der Waals surface area (Å²) in [5, 5.41) is 18.4. The molecule has 2 N–H and O–H groups in total. The molecule has 5 nitrogen and oxygen atoms in total. The van der Waals surface area contributed by atoms with Crippen LogP contribution in [0.15, 0.2) is 6.20 Å². The number of hydrogen-bond donors (Lipinski definition) is 2. The van der Waals surface area contributed by atoms with Crippen molar-refractivity contribution in [2.75, 3.05) is 0 Å². The van der Waals surface area contributed by atoms with Crippen LogP contribution < -0.4 is 10.2 Å². The molecule has 0 amide bonds. The van der Waals surface area contributed by atoms with Gasteiger partial charge in [0.05, 0.1) is 0 Å². The van der Waals surface area contributed by atoms with E-state index in [1.807, 2.05) is 0 Å². The van der Waals surface area contributed by atoms with Crippen LogP contribution in [-0.2, 0) is 0 Å². The number of hydrogen-bond acceptors (Lipinski definition) is 5. The molecule has 0 aromatic carbocycles. The van der Waals surface area contributed by atoms with Crippen molar-refractivity contribution in [3.63, 3.8) is 0 Å². The zero-order valence-electron chi connectivity index (χ0n) is 19.4. The van der Waals surface area contributed by atoms with Crippen LogP contribution in [-0.4, -0.2) is 32.7 Å². The molecule has 1 aromatic heterocycles. The molecule has 6 heteroatoms. The molecule has 1 rings (SSSR count). The summed E-state index contributed by atoms with van der Waals surface area (Å²) < 4.78 is 93.6. The summed E-state index contributed by atoms with van der Waals surface area (Å²) in [6.45, 7) is -14.2. The average molecular weight is 222 g/mol. The van der Waals surface area contributed by atoms with Gasteiger partial charge in [-0.25, -0.2) is 9.97 Å². The van der Waals surface area contributed by atoms with Crippen LogP contribution in [0.4, 0.5) is 0 Å². The van der Waals surface area contributed by atoms with Gasteiger partial charge in [0.15, 0.2) is 0 Å². The van der Waals surface area contributed by atoms with E-state index in [2.05, 4.69) is 9.97 Å². The van der Waals surface area contributed by atoms with Gasteiger partial charge in [-0.1, -0.05) is 0 Å². The van der Waals surface area contributed by atoms with E-state index in [1.165, 1.54) is 0 Å². The van der Waals surface area contributed by atoms with Gasteiger partial charge < -0.3 is 14.8 Å². The Balaban J connectivity index is 3.70. The minimum absolute atomic E-state index is 0.554. The van der Waals surface area contributed by atoms with Crippen molar-refractivity contribution >= 4 is 12.6 Å². The lowest BCUT2D eigenvalue weighted by Crippen LogP contribution is -2.34. The van der Waals surface area contributed by atoms with Gasteiger partial charge in [0, 0.05) is 33.8 Å². The molecule has 0 aliphatic rings. The van der Waals surface area contributed by atoms with Crippen LogP contribution in [0.2, 0.25) is 0 Å². The summed E-state index contributed by atoms with van der Waals surface area (Å²) >= 11 is 0. The van der Waals surface area contributed by atoms with Crippen molar-refractivity contribution in [3.8, 4) is 6.01 Å². The van der Waals surface area contributed by atoms with Crippen molar-refractivity contribution < 1.29 is 31.2 Å². The SMILES string of the molecule is [2H]C([2H])([2H])c1nc(OC(C([2H])([2H])[2H])(C([2H])([2H])[2H])C([2H])([2H])[2H])ncc1B(O)O. The Morgan fingerprint density at radius 3 is 2.73 bits per heavy atom. The van der Waals surface area contributed by atoms with Crippen LogP contribution >= 0.6 is 0 Å². The molecule has 0 saturated heterocycles. The van der Waals surface area contributed by atoms with Gasteiger partial charge in [0.1, 0.15) is 5.60 Å². The molecule has 0 bridgehead atoms. The Hall–Kier alpha value is -1.14.